The van der Waals surface area contributed by atoms with E-state index in [1.807, 2.05) is 36.4 Å². The van der Waals surface area contributed by atoms with Crippen molar-refractivity contribution in [2.45, 2.75) is 11.6 Å². The molecule has 0 spiro atoms. The lowest BCUT2D eigenvalue weighted by Gasteiger charge is -2.13. The molecular formula is C21H16ClN3OS. The normalized spacial score (nSPS) is 11.0. The Kier molecular flexibility index (Phi) is 5.23. The number of nitrogens with zero attached hydrogens (tertiary/aromatic N) is 3. The number of aromatic nitrogens is 3. The number of aryl methyl sites for hydroxylation is 1. The molecule has 4 nitrogen and oxygen atoms in total. The second kappa shape index (κ2) is 7.94. The number of pyridine rings is 1. The van der Waals surface area contributed by atoms with E-state index in [0.717, 1.165) is 17.9 Å². The first-order valence-electron chi connectivity index (χ1n) is 8.53. The summed E-state index contributed by atoms with van der Waals surface area (Å²) in [6, 6.07) is 21.1. The number of hydrogen-bond donors (Lipinski definition) is 0. The zero-order valence-electron chi connectivity index (χ0n) is 14.4. The quantitative estimate of drug-likeness (QED) is 0.362. The van der Waals surface area contributed by atoms with Gasteiger partial charge >= 0.3 is 0 Å². The number of thioether (sulfide) groups is 1. The largest absolute Gasteiger partial charge is 0.285 e. The maximum absolute atomic E-state index is 13.1. The highest BCUT2D eigenvalue weighted by molar-refractivity contribution is 7.99. The van der Waals surface area contributed by atoms with Crippen LogP contribution in [-0.4, -0.2) is 20.3 Å². The summed E-state index contributed by atoms with van der Waals surface area (Å²) in [7, 11) is 0. The van der Waals surface area contributed by atoms with Crippen molar-refractivity contribution in [2.75, 3.05) is 5.75 Å². The second-order valence-electron chi connectivity index (χ2n) is 5.97. The Hall–Kier alpha value is -2.63. The summed E-state index contributed by atoms with van der Waals surface area (Å²) in [6.07, 6.45) is 2.51. The van der Waals surface area contributed by atoms with Crippen LogP contribution in [0.25, 0.3) is 16.7 Å². The fraction of sp³-hybridized carbons (Fsp3) is 0.0952. The fourth-order valence-corrected chi connectivity index (χ4v) is 3.94. The van der Waals surface area contributed by atoms with Gasteiger partial charge in [0.15, 0.2) is 10.7 Å². The molecular weight excluding hydrogens is 378 g/mol. The third-order valence-electron chi connectivity index (χ3n) is 4.15. The van der Waals surface area contributed by atoms with Crippen molar-refractivity contribution >= 4 is 34.4 Å². The van der Waals surface area contributed by atoms with Crippen LogP contribution in [0.4, 0.5) is 0 Å². The van der Waals surface area contributed by atoms with E-state index in [2.05, 4.69) is 17.1 Å². The number of halogens is 1. The van der Waals surface area contributed by atoms with Crippen LogP contribution in [0.15, 0.2) is 82.9 Å². The van der Waals surface area contributed by atoms with Gasteiger partial charge in [-0.2, -0.15) is 0 Å². The van der Waals surface area contributed by atoms with Gasteiger partial charge in [-0.15, -0.1) is 0 Å². The van der Waals surface area contributed by atoms with Crippen molar-refractivity contribution in [2.24, 2.45) is 0 Å². The third-order valence-corrected chi connectivity index (χ3v) is 5.34. The summed E-state index contributed by atoms with van der Waals surface area (Å²) >= 11 is 7.57. The Morgan fingerprint density at radius 2 is 1.74 bits per heavy atom. The van der Waals surface area contributed by atoms with Crippen molar-refractivity contribution in [1.82, 2.24) is 14.5 Å². The van der Waals surface area contributed by atoms with E-state index >= 15 is 0 Å². The fourth-order valence-electron chi connectivity index (χ4n) is 2.82. The monoisotopic (exact) mass is 393 g/mol. The highest BCUT2D eigenvalue weighted by atomic mass is 35.5. The molecule has 27 heavy (non-hydrogen) atoms. The Labute approximate surface area is 165 Å². The standard InChI is InChI=1S/C21H16ClN3OS/c22-16-8-10-17(11-9-16)25-20(26)19-18(7-4-13-23-19)24-21(25)27-14-12-15-5-2-1-3-6-15/h1-11,13H,12,14H2. The molecule has 0 N–H and O–H groups in total. The molecule has 6 heteroatoms. The van der Waals surface area contributed by atoms with Crippen LogP contribution < -0.4 is 5.56 Å². The molecule has 0 amide bonds. The summed E-state index contributed by atoms with van der Waals surface area (Å²) in [5.74, 6) is 0.815. The molecule has 0 radical (unpaired) electrons. The van der Waals surface area contributed by atoms with E-state index < -0.39 is 0 Å². The van der Waals surface area contributed by atoms with E-state index in [-0.39, 0.29) is 5.56 Å². The van der Waals surface area contributed by atoms with E-state index in [1.165, 1.54) is 5.56 Å². The Bertz CT molecular complexity index is 1130. The highest BCUT2D eigenvalue weighted by Crippen LogP contribution is 2.22. The molecule has 0 aliphatic heterocycles. The van der Waals surface area contributed by atoms with Crippen LogP contribution in [0.3, 0.4) is 0 Å². The van der Waals surface area contributed by atoms with Gasteiger partial charge in [-0.25, -0.2) is 9.97 Å². The van der Waals surface area contributed by atoms with Crippen LogP contribution in [0.2, 0.25) is 5.02 Å². The van der Waals surface area contributed by atoms with Crippen LogP contribution >= 0.6 is 23.4 Å². The lowest BCUT2D eigenvalue weighted by Crippen LogP contribution is -2.22. The Morgan fingerprint density at radius 1 is 0.963 bits per heavy atom. The van der Waals surface area contributed by atoms with E-state index in [1.54, 1.807) is 40.7 Å². The van der Waals surface area contributed by atoms with Crippen LogP contribution in [0, 0.1) is 0 Å². The molecule has 4 rings (SSSR count). The maximum Gasteiger partial charge on any atom is 0.285 e. The average molecular weight is 394 g/mol. The first-order valence-corrected chi connectivity index (χ1v) is 9.89. The Balaban J connectivity index is 1.74. The zero-order valence-corrected chi connectivity index (χ0v) is 16.0. The third kappa shape index (κ3) is 3.89. The summed E-state index contributed by atoms with van der Waals surface area (Å²) in [4.78, 5) is 22.0. The van der Waals surface area contributed by atoms with Gasteiger partial charge in [-0.1, -0.05) is 53.7 Å². The van der Waals surface area contributed by atoms with Gasteiger partial charge in [0.1, 0.15) is 0 Å². The lowest BCUT2D eigenvalue weighted by atomic mass is 10.2. The molecule has 0 aliphatic carbocycles. The summed E-state index contributed by atoms with van der Waals surface area (Å²) in [5.41, 5.74) is 2.78. The number of fused-ring (bicyclic) bond motifs is 1. The van der Waals surface area contributed by atoms with Crippen LogP contribution in [0.1, 0.15) is 5.56 Å². The molecule has 0 fully saturated rings. The maximum atomic E-state index is 13.1. The molecule has 134 valence electrons. The summed E-state index contributed by atoms with van der Waals surface area (Å²) in [5, 5.41) is 1.27. The topological polar surface area (TPSA) is 47.8 Å². The first kappa shape index (κ1) is 17.8. The minimum absolute atomic E-state index is 0.176. The number of benzene rings is 2. The number of hydrogen-bond acceptors (Lipinski definition) is 4. The van der Waals surface area contributed by atoms with Gasteiger partial charge < -0.3 is 0 Å². The first-order chi connectivity index (χ1) is 13.2. The van der Waals surface area contributed by atoms with Gasteiger partial charge in [0, 0.05) is 17.0 Å². The summed E-state index contributed by atoms with van der Waals surface area (Å²) in [6.45, 7) is 0. The second-order valence-corrected chi connectivity index (χ2v) is 7.47. The lowest BCUT2D eigenvalue weighted by molar-refractivity contribution is 0.815. The number of rotatable bonds is 5. The Morgan fingerprint density at radius 3 is 2.52 bits per heavy atom. The molecule has 0 unspecified atom stereocenters. The SMILES string of the molecule is O=c1c2ncccc2nc(SCCc2ccccc2)n1-c1ccc(Cl)cc1. The predicted octanol–water partition coefficient (Wildman–Crippen LogP) is 4.77. The van der Waals surface area contributed by atoms with Crippen molar-refractivity contribution < 1.29 is 0 Å². The molecule has 0 saturated carbocycles. The van der Waals surface area contributed by atoms with Gasteiger partial charge in [0.2, 0.25) is 0 Å². The molecule has 2 aromatic carbocycles. The van der Waals surface area contributed by atoms with Gasteiger partial charge in [0.25, 0.3) is 5.56 Å². The molecule has 4 aromatic rings. The molecule has 0 bridgehead atoms. The van der Waals surface area contributed by atoms with Crippen LogP contribution in [0.5, 0.6) is 0 Å². The van der Waals surface area contributed by atoms with Crippen molar-refractivity contribution in [3.8, 4) is 5.69 Å². The predicted molar refractivity (Wildman–Crippen MR) is 111 cm³/mol. The molecule has 2 aromatic heterocycles. The molecule has 0 atom stereocenters. The molecule has 0 aliphatic rings. The van der Waals surface area contributed by atoms with Crippen LogP contribution in [-0.2, 0) is 6.42 Å². The van der Waals surface area contributed by atoms with Gasteiger partial charge in [-0.3, -0.25) is 9.36 Å². The van der Waals surface area contributed by atoms with E-state index in [9.17, 15) is 4.79 Å². The van der Waals surface area contributed by atoms with Crippen molar-refractivity contribution in [1.29, 1.82) is 0 Å². The smallest absolute Gasteiger partial charge is 0.266 e. The van der Waals surface area contributed by atoms with Crippen molar-refractivity contribution in [3.05, 3.63) is 93.9 Å². The minimum Gasteiger partial charge on any atom is -0.266 e. The van der Waals surface area contributed by atoms with E-state index in [4.69, 9.17) is 16.6 Å². The molecule has 0 saturated heterocycles. The van der Waals surface area contributed by atoms with Crippen molar-refractivity contribution in [3.63, 3.8) is 0 Å². The zero-order chi connectivity index (χ0) is 18.6. The minimum atomic E-state index is -0.176. The van der Waals surface area contributed by atoms with Gasteiger partial charge in [0.05, 0.1) is 11.2 Å². The van der Waals surface area contributed by atoms with Gasteiger partial charge in [-0.05, 0) is 48.4 Å². The summed E-state index contributed by atoms with van der Waals surface area (Å²) < 4.78 is 1.61. The van der Waals surface area contributed by atoms with E-state index in [0.29, 0.717) is 21.2 Å². The molecule has 2 heterocycles. The highest BCUT2D eigenvalue weighted by Gasteiger charge is 2.14. The average Bonchev–Trinajstić information content (AvgIpc) is 2.70.